The van der Waals surface area contributed by atoms with Gasteiger partial charge in [-0.1, -0.05) is 41.4 Å². The second-order valence-electron chi connectivity index (χ2n) is 6.99. The SMILES string of the molecule is Cc1c(NC(=O)CN2C(=O)c3cc(Cl)c(Cl)cc3C2=O)c(=O)n(-c2ccccc2)n1C. The lowest BCUT2D eigenvalue weighted by Gasteiger charge is -2.13. The van der Waals surface area contributed by atoms with E-state index in [2.05, 4.69) is 5.32 Å². The van der Waals surface area contributed by atoms with E-state index in [4.69, 9.17) is 23.2 Å². The fraction of sp³-hybridized carbons (Fsp3) is 0.143. The Morgan fingerprint density at radius 3 is 2.06 bits per heavy atom. The average molecular weight is 459 g/mol. The summed E-state index contributed by atoms with van der Waals surface area (Å²) in [5.41, 5.74) is 0.944. The van der Waals surface area contributed by atoms with Gasteiger partial charge in [0.25, 0.3) is 17.4 Å². The van der Waals surface area contributed by atoms with Crippen molar-refractivity contribution in [1.29, 1.82) is 0 Å². The van der Waals surface area contributed by atoms with Crippen molar-refractivity contribution in [3.8, 4) is 5.69 Å². The standard InChI is InChI=1S/C21H16Cl2N4O4/c1-11-18(21(31)27(25(11)2)12-6-4-3-5-7-12)24-17(28)10-26-19(29)13-8-15(22)16(23)9-14(13)20(26)30/h3-9H,10H2,1-2H3,(H,24,28). The maximum Gasteiger partial charge on any atom is 0.295 e. The third kappa shape index (κ3) is 3.43. The smallest absolute Gasteiger partial charge is 0.295 e. The van der Waals surface area contributed by atoms with Gasteiger partial charge in [0.2, 0.25) is 5.91 Å². The number of fused-ring (bicyclic) bond motifs is 1. The molecule has 0 fully saturated rings. The van der Waals surface area contributed by atoms with Gasteiger partial charge in [0.05, 0.1) is 32.6 Å². The molecule has 8 nitrogen and oxygen atoms in total. The van der Waals surface area contributed by atoms with E-state index in [9.17, 15) is 19.2 Å². The molecule has 0 saturated carbocycles. The van der Waals surface area contributed by atoms with Crippen molar-refractivity contribution in [3.05, 3.63) is 79.7 Å². The van der Waals surface area contributed by atoms with Gasteiger partial charge in [-0.15, -0.1) is 0 Å². The van der Waals surface area contributed by atoms with Gasteiger partial charge in [-0.05, 0) is 31.2 Å². The first-order valence-corrected chi connectivity index (χ1v) is 9.95. The Kier molecular flexibility index (Phi) is 5.20. The number of benzene rings is 2. The van der Waals surface area contributed by atoms with Crippen molar-refractivity contribution in [2.24, 2.45) is 7.05 Å². The van der Waals surface area contributed by atoms with Crippen LogP contribution >= 0.6 is 23.2 Å². The molecule has 2 heterocycles. The Bertz CT molecular complexity index is 1270. The van der Waals surface area contributed by atoms with E-state index in [1.54, 1.807) is 42.9 Å². The monoisotopic (exact) mass is 458 g/mol. The number of nitrogens with one attached hydrogen (secondary N) is 1. The molecule has 1 N–H and O–H groups in total. The Morgan fingerprint density at radius 1 is 0.968 bits per heavy atom. The molecule has 1 aliphatic rings. The predicted octanol–water partition coefficient (Wildman–Crippen LogP) is 3.03. The van der Waals surface area contributed by atoms with E-state index < -0.39 is 29.8 Å². The summed E-state index contributed by atoms with van der Waals surface area (Å²) in [6, 6.07) is 11.6. The highest BCUT2D eigenvalue weighted by molar-refractivity contribution is 6.43. The minimum absolute atomic E-state index is 0.0686. The summed E-state index contributed by atoms with van der Waals surface area (Å²) in [7, 11) is 1.69. The number of anilines is 1. The van der Waals surface area contributed by atoms with Crippen molar-refractivity contribution in [2.45, 2.75) is 6.92 Å². The molecule has 0 atom stereocenters. The van der Waals surface area contributed by atoms with E-state index in [1.165, 1.54) is 16.8 Å². The van der Waals surface area contributed by atoms with Crippen LogP contribution < -0.4 is 10.9 Å². The zero-order valence-corrected chi connectivity index (χ0v) is 18.0. The Balaban J connectivity index is 1.59. The lowest BCUT2D eigenvalue weighted by atomic mass is 10.1. The molecule has 0 aliphatic carbocycles. The lowest BCUT2D eigenvalue weighted by Crippen LogP contribution is -2.38. The number of halogens is 2. The summed E-state index contributed by atoms with van der Waals surface area (Å²) < 4.78 is 3.02. The van der Waals surface area contributed by atoms with Crippen molar-refractivity contribution in [2.75, 3.05) is 11.9 Å². The van der Waals surface area contributed by atoms with Crippen LogP contribution in [0.5, 0.6) is 0 Å². The first-order chi connectivity index (χ1) is 14.7. The number of hydrogen-bond donors (Lipinski definition) is 1. The first kappa shape index (κ1) is 20.9. The van der Waals surface area contributed by atoms with Crippen LogP contribution in [0.1, 0.15) is 26.4 Å². The molecule has 4 rings (SSSR count). The number of carbonyl (C=O) groups is 3. The highest BCUT2D eigenvalue weighted by Crippen LogP contribution is 2.31. The van der Waals surface area contributed by atoms with Crippen molar-refractivity contribution in [3.63, 3.8) is 0 Å². The fourth-order valence-electron chi connectivity index (χ4n) is 3.46. The maximum absolute atomic E-state index is 12.9. The molecule has 0 spiro atoms. The summed E-state index contributed by atoms with van der Waals surface area (Å²) in [6.07, 6.45) is 0. The van der Waals surface area contributed by atoms with Crippen LogP contribution in [0.2, 0.25) is 10.0 Å². The molecule has 31 heavy (non-hydrogen) atoms. The van der Waals surface area contributed by atoms with Crippen LogP contribution in [0.25, 0.3) is 5.69 Å². The first-order valence-electron chi connectivity index (χ1n) is 9.19. The summed E-state index contributed by atoms with van der Waals surface area (Å²) in [5.74, 6) is -1.99. The fourth-order valence-corrected chi connectivity index (χ4v) is 3.79. The van der Waals surface area contributed by atoms with Crippen LogP contribution in [0.15, 0.2) is 47.3 Å². The van der Waals surface area contributed by atoms with Gasteiger partial charge in [-0.2, -0.15) is 0 Å². The van der Waals surface area contributed by atoms with E-state index in [0.717, 1.165) is 4.90 Å². The van der Waals surface area contributed by atoms with Crippen LogP contribution in [-0.4, -0.2) is 38.5 Å². The number of para-hydroxylation sites is 1. The molecule has 0 saturated heterocycles. The molecular weight excluding hydrogens is 443 g/mol. The van der Waals surface area contributed by atoms with E-state index in [1.807, 2.05) is 6.07 Å². The van der Waals surface area contributed by atoms with Crippen LogP contribution in [0.4, 0.5) is 5.69 Å². The zero-order valence-electron chi connectivity index (χ0n) is 16.5. The molecule has 2 aromatic carbocycles. The highest BCUT2D eigenvalue weighted by atomic mass is 35.5. The van der Waals surface area contributed by atoms with Crippen molar-refractivity contribution < 1.29 is 14.4 Å². The maximum atomic E-state index is 12.9. The molecule has 158 valence electrons. The van der Waals surface area contributed by atoms with E-state index in [-0.39, 0.29) is 26.9 Å². The number of aromatic nitrogens is 2. The van der Waals surface area contributed by atoms with Crippen molar-refractivity contribution >= 4 is 46.6 Å². The summed E-state index contributed by atoms with van der Waals surface area (Å²) in [5, 5.41) is 2.80. The molecular formula is C21H16Cl2N4O4. The number of hydrogen-bond acceptors (Lipinski definition) is 4. The molecule has 3 aromatic rings. The molecule has 1 aromatic heterocycles. The van der Waals surface area contributed by atoms with Gasteiger partial charge in [-0.25, -0.2) is 4.68 Å². The highest BCUT2D eigenvalue weighted by Gasteiger charge is 2.37. The number of carbonyl (C=O) groups excluding carboxylic acids is 3. The lowest BCUT2D eigenvalue weighted by molar-refractivity contribution is -0.116. The van der Waals surface area contributed by atoms with Crippen LogP contribution in [0.3, 0.4) is 0 Å². The van der Waals surface area contributed by atoms with Gasteiger partial charge >= 0.3 is 0 Å². The Morgan fingerprint density at radius 2 is 1.52 bits per heavy atom. The van der Waals surface area contributed by atoms with Gasteiger partial charge in [0.15, 0.2) is 0 Å². The topological polar surface area (TPSA) is 93.4 Å². The quantitative estimate of drug-likeness (QED) is 0.607. The molecule has 0 radical (unpaired) electrons. The van der Waals surface area contributed by atoms with Crippen LogP contribution in [-0.2, 0) is 11.8 Å². The normalized spacial score (nSPS) is 13.0. The van der Waals surface area contributed by atoms with Crippen molar-refractivity contribution in [1.82, 2.24) is 14.3 Å². The number of imide groups is 1. The third-order valence-corrected chi connectivity index (χ3v) is 5.85. The minimum Gasteiger partial charge on any atom is -0.318 e. The molecule has 0 unspecified atom stereocenters. The largest absolute Gasteiger partial charge is 0.318 e. The van der Waals surface area contributed by atoms with E-state index >= 15 is 0 Å². The second-order valence-corrected chi connectivity index (χ2v) is 7.81. The van der Waals surface area contributed by atoms with Crippen LogP contribution in [0, 0.1) is 6.92 Å². The number of amides is 3. The molecule has 1 aliphatic heterocycles. The minimum atomic E-state index is -0.683. The summed E-state index contributed by atoms with van der Waals surface area (Å²) in [6.45, 7) is 1.13. The Labute approximate surface area is 186 Å². The average Bonchev–Trinajstić information content (AvgIpc) is 3.09. The number of nitrogens with zero attached hydrogens (tertiary/aromatic N) is 3. The third-order valence-electron chi connectivity index (χ3n) is 5.13. The second kappa shape index (κ2) is 7.72. The van der Waals surface area contributed by atoms with Gasteiger partial charge < -0.3 is 5.32 Å². The van der Waals surface area contributed by atoms with Gasteiger partial charge in [0, 0.05) is 7.05 Å². The Hall–Kier alpha value is -3.36. The summed E-state index contributed by atoms with van der Waals surface area (Å²) >= 11 is 11.9. The van der Waals surface area contributed by atoms with Gasteiger partial charge in [-0.3, -0.25) is 28.8 Å². The van der Waals surface area contributed by atoms with Gasteiger partial charge in [0.1, 0.15) is 12.2 Å². The summed E-state index contributed by atoms with van der Waals surface area (Å²) in [4.78, 5) is 51.5. The number of rotatable bonds is 4. The molecule has 0 bridgehead atoms. The van der Waals surface area contributed by atoms with E-state index in [0.29, 0.717) is 11.4 Å². The predicted molar refractivity (Wildman–Crippen MR) is 116 cm³/mol. The zero-order chi connectivity index (χ0) is 22.4. The molecule has 3 amide bonds. The molecule has 10 heteroatoms.